The molecule has 0 aromatic heterocycles. The lowest BCUT2D eigenvalue weighted by Crippen LogP contribution is -2.28. The van der Waals surface area contributed by atoms with E-state index in [0.717, 1.165) is 11.3 Å². The zero-order valence-electron chi connectivity index (χ0n) is 15.4. The zero-order chi connectivity index (χ0) is 19.7. The molecule has 1 amide bonds. The molecule has 8 heteroatoms. The Bertz CT molecular complexity index is 868. The molecule has 2 N–H and O–H groups in total. The number of hydrogen-bond donors (Lipinski definition) is 2. The summed E-state index contributed by atoms with van der Waals surface area (Å²) in [6.07, 6.45) is 0.638. The summed E-state index contributed by atoms with van der Waals surface area (Å²) in [7, 11) is -0.590. The lowest BCUT2D eigenvalue weighted by Gasteiger charge is -2.09. The Morgan fingerprint density at radius 1 is 1.04 bits per heavy atom. The van der Waals surface area contributed by atoms with E-state index in [0.29, 0.717) is 13.0 Å². The maximum absolute atomic E-state index is 12.3. The van der Waals surface area contributed by atoms with Crippen LogP contribution in [0.15, 0.2) is 53.4 Å². The fourth-order valence-electron chi connectivity index (χ4n) is 2.42. The van der Waals surface area contributed by atoms with Crippen LogP contribution in [0.4, 0.5) is 0 Å². The smallest absolute Gasteiger partial charge is 0.251 e. The van der Waals surface area contributed by atoms with E-state index in [1.807, 2.05) is 24.3 Å². The van der Waals surface area contributed by atoms with Crippen LogP contribution >= 0.6 is 0 Å². The van der Waals surface area contributed by atoms with Crippen LogP contribution in [0, 0.1) is 0 Å². The van der Waals surface area contributed by atoms with Crippen molar-refractivity contribution < 1.29 is 22.7 Å². The average Bonchev–Trinajstić information content (AvgIpc) is 2.68. The predicted molar refractivity (Wildman–Crippen MR) is 103 cm³/mol. The third-order valence-electron chi connectivity index (χ3n) is 3.84. The summed E-state index contributed by atoms with van der Waals surface area (Å²) in [4.78, 5) is 12.4. The minimum Gasteiger partial charge on any atom is -0.497 e. The standard InChI is InChI=1S/C19H24N2O5S/c1-25-12-11-21-27(23,24)18-8-4-6-16(14-18)19(22)20-10-9-15-5-3-7-17(13-15)26-2/h3-8,13-14,21H,9-12H2,1-2H3,(H,20,22). The van der Waals surface area contributed by atoms with Gasteiger partial charge in [0.15, 0.2) is 0 Å². The first-order chi connectivity index (χ1) is 13.0. The first kappa shape index (κ1) is 20.9. The minimum atomic E-state index is -3.68. The van der Waals surface area contributed by atoms with Gasteiger partial charge >= 0.3 is 0 Å². The highest BCUT2D eigenvalue weighted by molar-refractivity contribution is 7.89. The third kappa shape index (κ3) is 6.35. The molecule has 0 aliphatic rings. The summed E-state index contributed by atoms with van der Waals surface area (Å²) >= 11 is 0. The Kier molecular flexibility index (Phi) is 7.78. The molecule has 0 unspecified atom stereocenters. The van der Waals surface area contributed by atoms with E-state index in [2.05, 4.69) is 10.0 Å². The summed E-state index contributed by atoms with van der Waals surface area (Å²) < 4.78 is 36.9. The van der Waals surface area contributed by atoms with Gasteiger partial charge in [-0.25, -0.2) is 13.1 Å². The van der Waals surface area contributed by atoms with Gasteiger partial charge in [-0.05, 0) is 42.3 Å². The monoisotopic (exact) mass is 392 g/mol. The van der Waals surface area contributed by atoms with E-state index < -0.39 is 10.0 Å². The number of sulfonamides is 1. The normalized spacial score (nSPS) is 11.2. The lowest BCUT2D eigenvalue weighted by atomic mass is 10.1. The number of nitrogens with one attached hydrogen (secondary N) is 2. The van der Waals surface area contributed by atoms with Gasteiger partial charge in [-0.1, -0.05) is 18.2 Å². The predicted octanol–water partition coefficient (Wildman–Crippen LogP) is 1.59. The summed E-state index contributed by atoms with van der Waals surface area (Å²) in [6, 6.07) is 13.5. The Morgan fingerprint density at radius 2 is 1.81 bits per heavy atom. The summed E-state index contributed by atoms with van der Waals surface area (Å²) in [6.45, 7) is 0.856. The molecule has 0 atom stereocenters. The van der Waals surface area contributed by atoms with E-state index >= 15 is 0 Å². The Hall–Kier alpha value is -2.42. The molecule has 0 saturated carbocycles. The van der Waals surface area contributed by atoms with Crippen molar-refractivity contribution in [3.8, 4) is 5.75 Å². The van der Waals surface area contributed by atoms with E-state index in [4.69, 9.17) is 9.47 Å². The second-order valence-corrected chi connectivity index (χ2v) is 7.54. The van der Waals surface area contributed by atoms with Gasteiger partial charge in [0.1, 0.15) is 5.75 Å². The SMILES string of the molecule is COCCNS(=O)(=O)c1cccc(C(=O)NCCc2cccc(OC)c2)c1. The molecule has 0 radical (unpaired) electrons. The van der Waals surface area contributed by atoms with E-state index in [1.54, 1.807) is 19.2 Å². The Morgan fingerprint density at radius 3 is 2.56 bits per heavy atom. The van der Waals surface area contributed by atoms with Gasteiger partial charge in [-0.3, -0.25) is 4.79 Å². The van der Waals surface area contributed by atoms with Gasteiger partial charge in [0.2, 0.25) is 10.0 Å². The van der Waals surface area contributed by atoms with E-state index in [9.17, 15) is 13.2 Å². The fourth-order valence-corrected chi connectivity index (χ4v) is 3.47. The molecule has 0 bridgehead atoms. The molecule has 2 rings (SSSR count). The second-order valence-electron chi connectivity index (χ2n) is 5.78. The molecule has 0 saturated heterocycles. The van der Waals surface area contributed by atoms with Gasteiger partial charge in [-0.2, -0.15) is 0 Å². The molecular weight excluding hydrogens is 368 g/mol. The van der Waals surface area contributed by atoms with Crippen LogP contribution in [-0.4, -0.2) is 48.2 Å². The quantitative estimate of drug-likeness (QED) is 0.599. The number of methoxy groups -OCH3 is 2. The first-order valence-corrected chi connectivity index (χ1v) is 9.94. The maximum Gasteiger partial charge on any atom is 0.251 e. The van der Waals surface area contributed by atoms with Gasteiger partial charge < -0.3 is 14.8 Å². The van der Waals surface area contributed by atoms with Crippen molar-refractivity contribution in [1.82, 2.24) is 10.0 Å². The van der Waals surface area contributed by atoms with Crippen LogP contribution in [0.2, 0.25) is 0 Å². The third-order valence-corrected chi connectivity index (χ3v) is 5.30. The first-order valence-electron chi connectivity index (χ1n) is 8.46. The van der Waals surface area contributed by atoms with Crippen molar-refractivity contribution >= 4 is 15.9 Å². The highest BCUT2D eigenvalue weighted by Crippen LogP contribution is 2.13. The number of amides is 1. The van der Waals surface area contributed by atoms with Crippen molar-refractivity contribution in [2.75, 3.05) is 33.9 Å². The molecule has 2 aromatic rings. The summed E-state index contributed by atoms with van der Waals surface area (Å²) in [5.41, 5.74) is 1.32. The van der Waals surface area contributed by atoms with Crippen molar-refractivity contribution in [1.29, 1.82) is 0 Å². The fraction of sp³-hybridized carbons (Fsp3) is 0.316. The van der Waals surface area contributed by atoms with Crippen LogP contribution in [0.5, 0.6) is 5.75 Å². The van der Waals surface area contributed by atoms with Crippen molar-refractivity contribution in [3.63, 3.8) is 0 Å². The molecule has 0 heterocycles. The van der Waals surface area contributed by atoms with Crippen LogP contribution < -0.4 is 14.8 Å². The lowest BCUT2D eigenvalue weighted by molar-refractivity contribution is 0.0954. The number of ether oxygens (including phenoxy) is 2. The Labute approximate surface area is 159 Å². The maximum atomic E-state index is 12.3. The van der Waals surface area contributed by atoms with Crippen LogP contribution in [0.25, 0.3) is 0 Å². The minimum absolute atomic E-state index is 0.0408. The van der Waals surface area contributed by atoms with Gasteiger partial charge in [0.25, 0.3) is 5.91 Å². The largest absolute Gasteiger partial charge is 0.497 e. The summed E-state index contributed by atoms with van der Waals surface area (Å²) in [5.74, 6) is 0.435. The second kappa shape index (κ2) is 10.1. The number of benzene rings is 2. The summed E-state index contributed by atoms with van der Waals surface area (Å²) in [5, 5.41) is 2.80. The van der Waals surface area contributed by atoms with Crippen LogP contribution in [0.3, 0.4) is 0 Å². The van der Waals surface area contributed by atoms with Gasteiger partial charge in [0, 0.05) is 25.8 Å². The average molecular weight is 392 g/mol. The van der Waals surface area contributed by atoms with Crippen molar-refractivity contribution in [2.45, 2.75) is 11.3 Å². The number of hydrogen-bond acceptors (Lipinski definition) is 5. The molecule has 146 valence electrons. The molecule has 0 spiro atoms. The Balaban J connectivity index is 1.96. The van der Waals surface area contributed by atoms with E-state index in [-0.39, 0.29) is 29.5 Å². The number of carbonyl (C=O) groups is 1. The molecule has 7 nitrogen and oxygen atoms in total. The van der Waals surface area contributed by atoms with E-state index in [1.165, 1.54) is 19.2 Å². The molecular formula is C19H24N2O5S. The number of carbonyl (C=O) groups excluding carboxylic acids is 1. The highest BCUT2D eigenvalue weighted by Gasteiger charge is 2.15. The van der Waals surface area contributed by atoms with Crippen molar-refractivity contribution in [2.24, 2.45) is 0 Å². The topological polar surface area (TPSA) is 93.7 Å². The molecule has 2 aromatic carbocycles. The number of rotatable bonds is 10. The molecule has 0 fully saturated rings. The molecule has 27 heavy (non-hydrogen) atoms. The van der Waals surface area contributed by atoms with Crippen LogP contribution in [-0.2, 0) is 21.2 Å². The van der Waals surface area contributed by atoms with Gasteiger partial charge in [0.05, 0.1) is 18.6 Å². The van der Waals surface area contributed by atoms with Gasteiger partial charge in [-0.15, -0.1) is 0 Å². The van der Waals surface area contributed by atoms with Crippen molar-refractivity contribution in [3.05, 3.63) is 59.7 Å². The molecule has 0 aliphatic carbocycles. The zero-order valence-corrected chi connectivity index (χ0v) is 16.2. The van der Waals surface area contributed by atoms with Crippen LogP contribution in [0.1, 0.15) is 15.9 Å². The highest BCUT2D eigenvalue weighted by atomic mass is 32.2. The molecule has 0 aliphatic heterocycles.